The summed E-state index contributed by atoms with van der Waals surface area (Å²) < 4.78 is 21.1. The SMILES string of the molecule is COC(=O)c1ccc(C2CC(n3cc(Br)cn3)CCN2Cc2c(OC)cc(C)c3c2ccn3C(=O)OC(C)(C)C)cc1. The molecule has 0 spiro atoms. The van der Waals surface area contributed by atoms with Crippen LogP contribution in [0.2, 0.25) is 0 Å². The van der Waals surface area contributed by atoms with Crippen molar-refractivity contribution in [2.24, 2.45) is 0 Å². The van der Waals surface area contributed by atoms with Crippen molar-refractivity contribution in [1.29, 1.82) is 0 Å². The van der Waals surface area contributed by atoms with Crippen molar-refractivity contribution in [2.75, 3.05) is 20.8 Å². The van der Waals surface area contributed by atoms with Gasteiger partial charge in [0, 0.05) is 42.5 Å². The van der Waals surface area contributed by atoms with Gasteiger partial charge in [-0.3, -0.25) is 14.1 Å². The number of rotatable bonds is 6. The van der Waals surface area contributed by atoms with E-state index in [1.54, 1.807) is 17.9 Å². The van der Waals surface area contributed by atoms with E-state index in [0.29, 0.717) is 12.1 Å². The van der Waals surface area contributed by atoms with E-state index in [4.69, 9.17) is 14.2 Å². The van der Waals surface area contributed by atoms with Crippen molar-refractivity contribution in [1.82, 2.24) is 19.2 Å². The predicted molar refractivity (Wildman–Crippen MR) is 164 cm³/mol. The fourth-order valence-electron chi connectivity index (χ4n) is 5.82. The van der Waals surface area contributed by atoms with Gasteiger partial charge in [-0.15, -0.1) is 0 Å². The third-order valence-electron chi connectivity index (χ3n) is 7.75. The molecule has 1 saturated heterocycles. The summed E-state index contributed by atoms with van der Waals surface area (Å²) in [6.07, 6.45) is 6.95. The highest BCUT2D eigenvalue weighted by Crippen LogP contribution is 2.41. The van der Waals surface area contributed by atoms with E-state index >= 15 is 0 Å². The lowest BCUT2D eigenvalue weighted by molar-refractivity contribution is 0.0542. The monoisotopic (exact) mass is 636 g/mol. The fourth-order valence-corrected chi connectivity index (χ4v) is 6.12. The van der Waals surface area contributed by atoms with Gasteiger partial charge in [-0.2, -0.15) is 5.10 Å². The highest BCUT2D eigenvalue weighted by Gasteiger charge is 2.33. The molecule has 2 atom stereocenters. The maximum absolute atomic E-state index is 13.1. The van der Waals surface area contributed by atoms with Crippen molar-refractivity contribution in [3.63, 3.8) is 0 Å². The second kappa shape index (κ2) is 11.9. The maximum Gasteiger partial charge on any atom is 0.419 e. The van der Waals surface area contributed by atoms with Gasteiger partial charge in [0.2, 0.25) is 0 Å². The molecular weight excluding hydrogens is 600 g/mol. The number of halogens is 1. The van der Waals surface area contributed by atoms with Gasteiger partial charge in [-0.05, 0) is 91.9 Å². The van der Waals surface area contributed by atoms with Crippen LogP contribution in [-0.2, 0) is 16.0 Å². The Morgan fingerprint density at radius 2 is 1.86 bits per heavy atom. The molecule has 0 aliphatic carbocycles. The molecule has 10 heteroatoms. The fraction of sp³-hybridized carbons (Fsp3) is 0.406. The third-order valence-corrected chi connectivity index (χ3v) is 8.16. The van der Waals surface area contributed by atoms with Crippen molar-refractivity contribution in [3.05, 3.63) is 81.7 Å². The summed E-state index contributed by atoms with van der Waals surface area (Å²) in [7, 11) is 3.07. The molecule has 0 N–H and O–H groups in total. The van der Waals surface area contributed by atoms with Crippen molar-refractivity contribution >= 4 is 38.9 Å². The molecule has 1 aliphatic heterocycles. The number of piperidine rings is 1. The number of carbonyl (C=O) groups is 2. The van der Waals surface area contributed by atoms with Crippen molar-refractivity contribution in [2.45, 2.75) is 64.8 Å². The molecule has 4 aromatic rings. The number of benzene rings is 2. The van der Waals surface area contributed by atoms with Crippen LogP contribution in [0.25, 0.3) is 10.9 Å². The Balaban J connectivity index is 1.53. The first kappa shape index (κ1) is 29.8. The summed E-state index contributed by atoms with van der Waals surface area (Å²) in [5.41, 5.74) is 3.77. The normalized spacial score (nSPS) is 17.8. The molecule has 222 valence electrons. The first-order valence-electron chi connectivity index (χ1n) is 14.0. The van der Waals surface area contributed by atoms with Crippen LogP contribution in [0.4, 0.5) is 4.79 Å². The van der Waals surface area contributed by atoms with Crippen LogP contribution in [0.15, 0.2) is 59.5 Å². The largest absolute Gasteiger partial charge is 0.496 e. The first-order valence-corrected chi connectivity index (χ1v) is 14.8. The lowest BCUT2D eigenvalue weighted by Gasteiger charge is -2.40. The Morgan fingerprint density at radius 1 is 1.12 bits per heavy atom. The van der Waals surface area contributed by atoms with Crippen LogP contribution in [0.3, 0.4) is 0 Å². The van der Waals surface area contributed by atoms with Gasteiger partial charge in [0.25, 0.3) is 0 Å². The summed E-state index contributed by atoms with van der Waals surface area (Å²) >= 11 is 3.53. The number of carbonyl (C=O) groups excluding carboxylic acids is 2. The minimum Gasteiger partial charge on any atom is -0.496 e. The minimum atomic E-state index is -0.609. The second-order valence-electron chi connectivity index (χ2n) is 11.7. The minimum absolute atomic E-state index is 0.0485. The van der Waals surface area contributed by atoms with E-state index in [1.165, 1.54) is 7.11 Å². The number of fused-ring (bicyclic) bond motifs is 1. The van der Waals surface area contributed by atoms with E-state index < -0.39 is 11.7 Å². The molecule has 2 aromatic heterocycles. The molecule has 9 nitrogen and oxygen atoms in total. The summed E-state index contributed by atoms with van der Waals surface area (Å²) in [4.78, 5) is 27.6. The van der Waals surface area contributed by atoms with Gasteiger partial charge in [0.05, 0.1) is 42.0 Å². The molecule has 0 saturated carbocycles. The van der Waals surface area contributed by atoms with E-state index in [0.717, 1.165) is 57.2 Å². The van der Waals surface area contributed by atoms with Gasteiger partial charge in [-0.25, -0.2) is 9.59 Å². The average Bonchev–Trinajstić information content (AvgIpc) is 3.60. The Kier molecular flexibility index (Phi) is 8.48. The molecule has 2 unspecified atom stereocenters. The van der Waals surface area contributed by atoms with Crippen LogP contribution in [0.5, 0.6) is 5.75 Å². The number of aryl methyl sites for hydroxylation is 1. The molecule has 3 heterocycles. The van der Waals surface area contributed by atoms with Crippen molar-refractivity contribution < 1.29 is 23.8 Å². The number of aromatic nitrogens is 3. The van der Waals surface area contributed by atoms with Gasteiger partial charge in [0.15, 0.2) is 0 Å². The zero-order valence-electron chi connectivity index (χ0n) is 24.9. The molecule has 42 heavy (non-hydrogen) atoms. The zero-order chi connectivity index (χ0) is 30.2. The molecule has 0 bridgehead atoms. The summed E-state index contributed by atoms with van der Waals surface area (Å²) in [5.74, 6) is 0.419. The number of likely N-dealkylation sites (tertiary alicyclic amines) is 1. The highest BCUT2D eigenvalue weighted by atomic mass is 79.9. The van der Waals surface area contributed by atoms with Gasteiger partial charge in [0.1, 0.15) is 11.4 Å². The highest BCUT2D eigenvalue weighted by molar-refractivity contribution is 9.10. The molecule has 0 radical (unpaired) electrons. The smallest absolute Gasteiger partial charge is 0.419 e. The molecule has 2 aromatic carbocycles. The number of ether oxygens (including phenoxy) is 3. The molecule has 1 fully saturated rings. The molecule has 0 amide bonds. The van der Waals surface area contributed by atoms with Crippen LogP contribution >= 0.6 is 15.9 Å². The quantitative estimate of drug-likeness (QED) is 0.209. The standard InChI is InChI=1S/C32H37BrN4O5/c1-20-15-28(40-5)26(25-12-14-36(29(20)25)31(39)42-32(2,3)4)19-35-13-11-24(37-18-23(33)17-34-37)16-27(35)21-7-9-22(10-8-21)30(38)41-6/h7-10,12,14-15,17-18,24,27H,11,13,16,19H2,1-6H3. The summed E-state index contributed by atoms with van der Waals surface area (Å²) in [6, 6.07) is 11.9. The summed E-state index contributed by atoms with van der Waals surface area (Å²) in [5, 5.41) is 5.53. The first-order chi connectivity index (χ1) is 20.0. The maximum atomic E-state index is 13.1. The number of esters is 1. The number of methoxy groups -OCH3 is 2. The van der Waals surface area contributed by atoms with Crippen LogP contribution in [0, 0.1) is 6.92 Å². The second-order valence-corrected chi connectivity index (χ2v) is 12.6. The Labute approximate surface area is 254 Å². The Morgan fingerprint density at radius 3 is 2.48 bits per heavy atom. The number of hydrogen-bond donors (Lipinski definition) is 0. The zero-order valence-corrected chi connectivity index (χ0v) is 26.5. The Hall–Kier alpha value is -3.63. The van der Waals surface area contributed by atoms with E-state index in [-0.39, 0.29) is 18.1 Å². The molecule has 5 rings (SSSR count). The van der Waals surface area contributed by atoms with E-state index in [2.05, 4.69) is 25.9 Å². The van der Waals surface area contributed by atoms with Crippen LogP contribution in [0.1, 0.15) is 72.7 Å². The molecule has 1 aliphatic rings. The van der Waals surface area contributed by atoms with Gasteiger partial charge in [-0.1, -0.05) is 12.1 Å². The number of nitrogens with zero attached hydrogens (tertiary/aromatic N) is 4. The van der Waals surface area contributed by atoms with E-state index in [9.17, 15) is 9.59 Å². The Bertz CT molecular complexity index is 1600. The topological polar surface area (TPSA) is 87.8 Å². The lowest BCUT2D eigenvalue weighted by atomic mass is 9.90. The lowest BCUT2D eigenvalue weighted by Crippen LogP contribution is -2.37. The molecular formula is C32H37BrN4O5. The average molecular weight is 638 g/mol. The predicted octanol–water partition coefficient (Wildman–Crippen LogP) is 7.07. The summed E-state index contributed by atoms with van der Waals surface area (Å²) in [6.45, 7) is 8.99. The van der Waals surface area contributed by atoms with Gasteiger partial charge >= 0.3 is 12.1 Å². The van der Waals surface area contributed by atoms with Gasteiger partial charge < -0.3 is 14.2 Å². The van der Waals surface area contributed by atoms with Crippen LogP contribution in [-0.4, -0.2) is 57.7 Å². The third kappa shape index (κ3) is 6.10. The van der Waals surface area contributed by atoms with Crippen LogP contribution < -0.4 is 4.74 Å². The van der Waals surface area contributed by atoms with Crippen molar-refractivity contribution in [3.8, 4) is 5.75 Å². The van der Waals surface area contributed by atoms with E-state index in [1.807, 2.05) is 81.2 Å². The number of hydrogen-bond acceptors (Lipinski definition) is 7.